The highest BCUT2D eigenvalue weighted by molar-refractivity contribution is 6.30. The molecular weight excluding hydrogens is 452 g/mol. The number of carbonyl (C=O) groups is 1. The lowest BCUT2D eigenvalue weighted by Crippen LogP contribution is -2.51. The summed E-state index contributed by atoms with van der Waals surface area (Å²) in [5.41, 5.74) is 2.42. The summed E-state index contributed by atoms with van der Waals surface area (Å²) in [6.45, 7) is 16.5. The SMILES string of the molecule is CC(C)CCC[C@H](C)[C@H]1CC[C@H]2[C@@H]3CC=C4C[C@@H](OC(=O)[C@@H](Cl)C(C)C)CC[C@]4(C)[C@H]3CC[C@]12C. The third-order valence-electron chi connectivity index (χ3n) is 11.4. The largest absolute Gasteiger partial charge is 0.461 e. The van der Waals surface area contributed by atoms with Gasteiger partial charge >= 0.3 is 5.97 Å². The summed E-state index contributed by atoms with van der Waals surface area (Å²) in [6, 6.07) is 0. The van der Waals surface area contributed by atoms with Crippen molar-refractivity contribution in [1.29, 1.82) is 0 Å². The molecule has 4 aliphatic rings. The molecule has 2 nitrogen and oxygen atoms in total. The van der Waals surface area contributed by atoms with Crippen LogP contribution in [0.4, 0.5) is 0 Å². The first-order valence-electron chi connectivity index (χ1n) is 15.0. The average molecular weight is 505 g/mol. The third kappa shape index (κ3) is 5.26. The Morgan fingerprint density at radius 1 is 1.03 bits per heavy atom. The zero-order valence-electron chi connectivity index (χ0n) is 23.7. The van der Waals surface area contributed by atoms with Gasteiger partial charge in [-0.15, -0.1) is 11.6 Å². The number of carbonyl (C=O) groups excluding carboxylic acids is 1. The summed E-state index contributed by atoms with van der Waals surface area (Å²) in [5.74, 6) is 5.05. The monoisotopic (exact) mass is 504 g/mol. The lowest BCUT2D eigenvalue weighted by Gasteiger charge is -2.58. The van der Waals surface area contributed by atoms with Crippen LogP contribution in [-0.2, 0) is 9.53 Å². The van der Waals surface area contributed by atoms with Gasteiger partial charge in [0.05, 0.1) is 0 Å². The van der Waals surface area contributed by atoms with Crippen LogP contribution in [0.2, 0.25) is 0 Å². The van der Waals surface area contributed by atoms with Gasteiger partial charge in [-0.1, -0.05) is 79.4 Å². The van der Waals surface area contributed by atoms with Gasteiger partial charge in [0.25, 0.3) is 0 Å². The van der Waals surface area contributed by atoms with Crippen molar-refractivity contribution < 1.29 is 9.53 Å². The molecule has 0 spiro atoms. The van der Waals surface area contributed by atoms with Gasteiger partial charge in [-0.05, 0) is 97.2 Å². The van der Waals surface area contributed by atoms with E-state index in [4.69, 9.17) is 16.3 Å². The molecule has 0 bridgehead atoms. The number of hydrogen-bond donors (Lipinski definition) is 0. The van der Waals surface area contributed by atoms with E-state index in [1.165, 1.54) is 51.4 Å². The number of ether oxygens (including phenoxy) is 1. The highest BCUT2D eigenvalue weighted by Crippen LogP contribution is 2.67. The molecule has 0 saturated heterocycles. The maximum Gasteiger partial charge on any atom is 0.324 e. The van der Waals surface area contributed by atoms with Crippen molar-refractivity contribution in [2.75, 3.05) is 0 Å². The number of hydrogen-bond acceptors (Lipinski definition) is 2. The number of esters is 1. The summed E-state index contributed by atoms with van der Waals surface area (Å²) in [6.07, 6.45) is 16.8. The van der Waals surface area contributed by atoms with E-state index < -0.39 is 5.38 Å². The Morgan fingerprint density at radius 3 is 2.46 bits per heavy atom. The fourth-order valence-electron chi connectivity index (χ4n) is 9.25. The van der Waals surface area contributed by atoms with E-state index in [1.807, 2.05) is 13.8 Å². The molecule has 0 aliphatic heterocycles. The minimum atomic E-state index is -0.535. The van der Waals surface area contributed by atoms with Crippen LogP contribution < -0.4 is 0 Å². The van der Waals surface area contributed by atoms with Gasteiger partial charge in [0.2, 0.25) is 0 Å². The Balaban J connectivity index is 1.43. The van der Waals surface area contributed by atoms with Crippen LogP contribution in [0, 0.1) is 52.3 Å². The van der Waals surface area contributed by atoms with Crippen molar-refractivity contribution in [2.24, 2.45) is 52.3 Å². The van der Waals surface area contributed by atoms with Crippen molar-refractivity contribution in [3.63, 3.8) is 0 Å². The number of fused-ring (bicyclic) bond motifs is 5. The Hall–Kier alpha value is -0.500. The van der Waals surface area contributed by atoms with Crippen molar-refractivity contribution >= 4 is 17.6 Å². The minimum absolute atomic E-state index is 0.00906. The first-order chi connectivity index (χ1) is 16.5. The summed E-state index contributed by atoms with van der Waals surface area (Å²) < 4.78 is 5.91. The molecule has 0 unspecified atom stereocenters. The van der Waals surface area contributed by atoms with Gasteiger partial charge in [0, 0.05) is 6.42 Å². The number of alkyl halides is 1. The molecular formula is C32H53ClO2. The fourth-order valence-corrected chi connectivity index (χ4v) is 9.31. The Labute approximate surface area is 221 Å². The molecule has 0 radical (unpaired) electrons. The molecule has 3 saturated carbocycles. The summed E-state index contributed by atoms with van der Waals surface area (Å²) in [7, 11) is 0. The van der Waals surface area contributed by atoms with Crippen molar-refractivity contribution in [3.8, 4) is 0 Å². The van der Waals surface area contributed by atoms with Crippen molar-refractivity contribution in [1.82, 2.24) is 0 Å². The number of rotatable bonds is 8. The van der Waals surface area contributed by atoms with Gasteiger partial charge in [0.1, 0.15) is 11.5 Å². The first kappa shape index (κ1) is 27.5. The predicted octanol–water partition coefficient (Wildman–Crippen LogP) is 9.20. The Bertz CT molecular complexity index is 786. The van der Waals surface area contributed by atoms with Crippen LogP contribution >= 0.6 is 11.6 Å². The van der Waals surface area contributed by atoms with E-state index in [1.54, 1.807) is 5.57 Å². The normalized spacial score (nSPS) is 40.5. The molecule has 4 rings (SSSR count). The van der Waals surface area contributed by atoms with E-state index in [2.05, 4.69) is 40.7 Å². The third-order valence-corrected chi connectivity index (χ3v) is 12.0. The Morgan fingerprint density at radius 2 is 1.77 bits per heavy atom. The van der Waals surface area contributed by atoms with E-state index in [0.717, 1.165) is 54.8 Å². The van der Waals surface area contributed by atoms with Crippen LogP contribution in [0.25, 0.3) is 0 Å². The van der Waals surface area contributed by atoms with E-state index in [9.17, 15) is 4.79 Å². The molecule has 200 valence electrons. The zero-order valence-corrected chi connectivity index (χ0v) is 24.5. The second kappa shape index (κ2) is 10.7. The lowest BCUT2D eigenvalue weighted by molar-refractivity contribution is -0.151. The summed E-state index contributed by atoms with van der Waals surface area (Å²) in [4.78, 5) is 12.5. The van der Waals surface area contributed by atoms with Crippen LogP contribution in [0.3, 0.4) is 0 Å². The van der Waals surface area contributed by atoms with Gasteiger partial charge in [-0.25, -0.2) is 0 Å². The van der Waals surface area contributed by atoms with Crippen molar-refractivity contribution in [2.45, 2.75) is 131 Å². The molecule has 3 heteroatoms. The second-order valence-corrected chi connectivity index (χ2v) is 14.7. The van der Waals surface area contributed by atoms with E-state index >= 15 is 0 Å². The molecule has 0 aromatic rings. The van der Waals surface area contributed by atoms with Gasteiger partial charge < -0.3 is 4.74 Å². The molecule has 0 aromatic heterocycles. The topological polar surface area (TPSA) is 26.3 Å². The molecule has 0 aromatic carbocycles. The minimum Gasteiger partial charge on any atom is -0.461 e. The smallest absolute Gasteiger partial charge is 0.324 e. The molecule has 0 amide bonds. The molecule has 9 atom stereocenters. The average Bonchev–Trinajstić information content (AvgIpc) is 3.15. The fraction of sp³-hybridized carbons (Fsp3) is 0.906. The van der Waals surface area contributed by atoms with Gasteiger partial charge in [-0.3, -0.25) is 4.79 Å². The maximum atomic E-state index is 12.5. The number of halogens is 1. The predicted molar refractivity (Wildman–Crippen MR) is 147 cm³/mol. The maximum absolute atomic E-state index is 12.5. The highest BCUT2D eigenvalue weighted by Gasteiger charge is 2.59. The lowest BCUT2D eigenvalue weighted by atomic mass is 9.47. The van der Waals surface area contributed by atoms with Crippen LogP contribution in [-0.4, -0.2) is 17.5 Å². The molecule has 35 heavy (non-hydrogen) atoms. The van der Waals surface area contributed by atoms with Gasteiger partial charge in [0.15, 0.2) is 0 Å². The van der Waals surface area contributed by atoms with E-state index in [-0.39, 0.29) is 18.0 Å². The van der Waals surface area contributed by atoms with Crippen LogP contribution in [0.1, 0.15) is 119 Å². The zero-order chi connectivity index (χ0) is 25.5. The summed E-state index contributed by atoms with van der Waals surface area (Å²) >= 11 is 6.29. The molecule has 0 N–H and O–H groups in total. The van der Waals surface area contributed by atoms with Crippen molar-refractivity contribution in [3.05, 3.63) is 11.6 Å². The van der Waals surface area contributed by atoms with Crippen LogP contribution in [0.15, 0.2) is 11.6 Å². The Kier molecular flexibility index (Phi) is 8.42. The van der Waals surface area contributed by atoms with E-state index in [0.29, 0.717) is 10.8 Å². The first-order valence-corrected chi connectivity index (χ1v) is 15.4. The molecule has 3 fully saturated rings. The summed E-state index contributed by atoms with van der Waals surface area (Å²) in [5, 5.41) is -0.535. The number of allylic oxidation sites excluding steroid dienone is 1. The quantitative estimate of drug-likeness (QED) is 0.187. The second-order valence-electron chi connectivity index (χ2n) is 14.2. The standard InChI is InChI=1S/C32H53ClO2/c1-20(2)9-8-10-22(5)26-13-14-27-25-12-11-23-19-24(35-30(34)29(33)21(3)4)15-17-31(23,6)28(25)16-18-32(26,27)7/h11,20-22,24-29H,8-10,12-19H2,1-7H3/t22-,24-,25-,26+,27-,28-,29-,31-,32+/m0/s1. The molecule has 4 aliphatic carbocycles. The highest BCUT2D eigenvalue weighted by atomic mass is 35.5. The van der Waals surface area contributed by atoms with Crippen LogP contribution in [0.5, 0.6) is 0 Å². The van der Waals surface area contributed by atoms with Gasteiger partial charge in [-0.2, -0.15) is 0 Å². The molecule has 0 heterocycles.